The van der Waals surface area contributed by atoms with Crippen LogP contribution in [0.25, 0.3) is 0 Å². The first-order valence-electron chi connectivity index (χ1n) is 13.6. The maximum absolute atomic E-state index is 11.5. The molecule has 4 aliphatic carbocycles. The number of fused-ring (bicyclic) bond motifs is 5. The van der Waals surface area contributed by atoms with Crippen molar-refractivity contribution < 1.29 is 9.53 Å². The van der Waals surface area contributed by atoms with Crippen molar-refractivity contribution in [1.82, 2.24) is 0 Å². The third kappa shape index (κ3) is 4.51. The summed E-state index contributed by atoms with van der Waals surface area (Å²) >= 11 is 0. The third-order valence-electron chi connectivity index (χ3n) is 10.3. The van der Waals surface area contributed by atoms with Gasteiger partial charge in [0, 0.05) is 13.3 Å². The minimum Gasteiger partial charge on any atom is -0.462 e. The van der Waals surface area contributed by atoms with Crippen LogP contribution in [-0.2, 0) is 9.53 Å². The van der Waals surface area contributed by atoms with E-state index in [1.807, 2.05) is 0 Å². The molecule has 2 nitrogen and oxygen atoms in total. The topological polar surface area (TPSA) is 26.3 Å². The Kier molecular flexibility index (Phi) is 6.95. The lowest BCUT2D eigenvalue weighted by molar-refractivity contribution is -0.148. The van der Waals surface area contributed by atoms with Gasteiger partial charge in [0.25, 0.3) is 0 Å². The van der Waals surface area contributed by atoms with E-state index in [9.17, 15) is 4.79 Å². The zero-order chi connectivity index (χ0) is 22.3. The normalized spacial score (nSPS) is 42.9. The summed E-state index contributed by atoms with van der Waals surface area (Å²) in [6, 6.07) is 0. The van der Waals surface area contributed by atoms with Crippen LogP contribution in [-0.4, -0.2) is 12.1 Å². The van der Waals surface area contributed by atoms with Crippen LogP contribution in [0.5, 0.6) is 0 Å². The molecule has 0 aromatic rings. The Morgan fingerprint density at radius 2 is 1.94 bits per heavy atom. The molecule has 3 fully saturated rings. The van der Waals surface area contributed by atoms with Gasteiger partial charge in [-0.15, -0.1) is 0 Å². The summed E-state index contributed by atoms with van der Waals surface area (Å²) < 4.78 is 5.63. The molecule has 176 valence electrons. The first-order chi connectivity index (χ1) is 14.7. The first kappa shape index (κ1) is 23.4. The van der Waals surface area contributed by atoms with Crippen LogP contribution in [0.1, 0.15) is 106 Å². The number of carbonyl (C=O) groups excluding carboxylic acids is 1. The Morgan fingerprint density at radius 3 is 2.65 bits per heavy atom. The van der Waals surface area contributed by atoms with Crippen molar-refractivity contribution in [2.24, 2.45) is 52.8 Å². The lowest BCUT2D eigenvalue weighted by atomic mass is 9.48. The van der Waals surface area contributed by atoms with Crippen LogP contribution in [0.3, 0.4) is 0 Å². The molecule has 2 heteroatoms. The van der Waals surface area contributed by atoms with Crippen LogP contribution in [0.2, 0.25) is 0 Å². The SMILES string of the molecule is CC(=O)OC1CCC2(C)C(=CCC3C4C(C(C)CCCC(C)C)CCC4C(C)CC32)C1. The smallest absolute Gasteiger partial charge is 0.302 e. The van der Waals surface area contributed by atoms with Gasteiger partial charge in [0.1, 0.15) is 6.10 Å². The molecule has 0 saturated heterocycles. The molecule has 9 unspecified atom stereocenters. The quantitative estimate of drug-likeness (QED) is 0.318. The average Bonchev–Trinajstić information content (AvgIpc) is 3.14. The van der Waals surface area contributed by atoms with Crippen molar-refractivity contribution in [1.29, 1.82) is 0 Å². The predicted molar refractivity (Wildman–Crippen MR) is 129 cm³/mol. The second-order valence-corrected chi connectivity index (χ2v) is 12.6. The maximum atomic E-state index is 11.5. The number of hydrogen-bond donors (Lipinski definition) is 0. The molecular formula is C29H48O2. The van der Waals surface area contributed by atoms with Gasteiger partial charge in [-0.3, -0.25) is 4.79 Å². The van der Waals surface area contributed by atoms with Crippen molar-refractivity contribution >= 4 is 5.97 Å². The molecule has 4 rings (SSSR count). The molecule has 0 heterocycles. The van der Waals surface area contributed by atoms with E-state index in [0.29, 0.717) is 5.41 Å². The van der Waals surface area contributed by atoms with E-state index in [2.05, 4.69) is 40.7 Å². The van der Waals surface area contributed by atoms with E-state index in [4.69, 9.17) is 4.74 Å². The number of rotatable bonds is 6. The fraction of sp³-hybridized carbons (Fsp3) is 0.897. The monoisotopic (exact) mass is 428 g/mol. The van der Waals surface area contributed by atoms with Gasteiger partial charge in [0.15, 0.2) is 0 Å². The van der Waals surface area contributed by atoms with Gasteiger partial charge in [-0.05, 0) is 91.3 Å². The number of hydrogen-bond acceptors (Lipinski definition) is 2. The largest absolute Gasteiger partial charge is 0.462 e. The molecule has 9 atom stereocenters. The lowest BCUT2D eigenvalue weighted by Crippen LogP contribution is -2.50. The van der Waals surface area contributed by atoms with Crippen molar-refractivity contribution in [3.05, 3.63) is 11.6 Å². The van der Waals surface area contributed by atoms with Gasteiger partial charge in [-0.25, -0.2) is 0 Å². The van der Waals surface area contributed by atoms with E-state index in [-0.39, 0.29) is 12.1 Å². The summed E-state index contributed by atoms with van der Waals surface area (Å²) in [6.45, 7) is 14.0. The molecule has 0 aliphatic heterocycles. The Labute approximate surface area is 192 Å². The molecule has 4 aliphatic rings. The summed E-state index contributed by atoms with van der Waals surface area (Å²) in [6.07, 6.45) is 15.9. The maximum Gasteiger partial charge on any atom is 0.302 e. The minimum atomic E-state index is -0.114. The number of carbonyl (C=O) groups is 1. The Balaban J connectivity index is 1.52. The van der Waals surface area contributed by atoms with Gasteiger partial charge >= 0.3 is 5.97 Å². The standard InChI is InChI=1S/C29H48O2/c1-18(2)8-7-9-19(3)24-12-13-25-20(4)16-27-26(28(24)25)11-10-22-17-23(31-21(5)30)14-15-29(22,27)6/h10,18-20,23-28H,7-9,11-17H2,1-6H3. The van der Waals surface area contributed by atoms with Crippen molar-refractivity contribution in [3.63, 3.8) is 0 Å². The highest BCUT2D eigenvalue weighted by Gasteiger charge is 2.57. The van der Waals surface area contributed by atoms with Gasteiger partial charge < -0.3 is 4.74 Å². The average molecular weight is 429 g/mol. The molecule has 31 heavy (non-hydrogen) atoms. The molecular weight excluding hydrogens is 380 g/mol. The zero-order valence-electron chi connectivity index (χ0n) is 21.2. The highest BCUT2D eigenvalue weighted by molar-refractivity contribution is 5.66. The fourth-order valence-electron chi connectivity index (χ4n) is 8.74. The molecule has 0 N–H and O–H groups in total. The Morgan fingerprint density at radius 1 is 1.16 bits per heavy atom. The summed E-state index contributed by atoms with van der Waals surface area (Å²) in [7, 11) is 0. The summed E-state index contributed by atoms with van der Waals surface area (Å²) in [5, 5.41) is 0. The van der Waals surface area contributed by atoms with Crippen molar-refractivity contribution in [3.8, 4) is 0 Å². The number of ether oxygens (including phenoxy) is 1. The molecule has 0 amide bonds. The summed E-state index contributed by atoms with van der Waals surface area (Å²) in [4.78, 5) is 11.5. The second-order valence-electron chi connectivity index (χ2n) is 12.6. The van der Waals surface area contributed by atoms with Crippen LogP contribution in [0.4, 0.5) is 0 Å². The van der Waals surface area contributed by atoms with Crippen LogP contribution in [0, 0.1) is 52.8 Å². The second kappa shape index (κ2) is 9.22. The number of esters is 1. The molecule has 3 saturated carbocycles. The van der Waals surface area contributed by atoms with Crippen LogP contribution in [0.15, 0.2) is 11.6 Å². The Bertz CT molecular complexity index is 678. The van der Waals surface area contributed by atoms with E-state index in [1.165, 1.54) is 51.4 Å². The highest BCUT2D eigenvalue weighted by atomic mass is 16.5. The zero-order valence-corrected chi connectivity index (χ0v) is 21.2. The van der Waals surface area contributed by atoms with Gasteiger partial charge in [0.05, 0.1) is 0 Å². The van der Waals surface area contributed by atoms with Gasteiger partial charge in [-0.1, -0.05) is 65.5 Å². The molecule has 0 aromatic carbocycles. The lowest BCUT2D eigenvalue weighted by Gasteiger charge is -2.57. The Hall–Kier alpha value is -0.790. The van der Waals surface area contributed by atoms with E-state index in [0.717, 1.165) is 60.2 Å². The molecule has 0 spiro atoms. The summed E-state index contributed by atoms with van der Waals surface area (Å²) in [5.74, 6) is 7.08. The number of allylic oxidation sites excluding steroid dienone is 1. The minimum absolute atomic E-state index is 0.113. The van der Waals surface area contributed by atoms with E-state index < -0.39 is 0 Å². The van der Waals surface area contributed by atoms with E-state index >= 15 is 0 Å². The van der Waals surface area contributed by atoms with Gasteiger partial charge in [0.2, 0.25) is 0 Å². The van der Waals surface area contributed by atoms with E-state index in [1.54, 1.807) is 12.5 Å². The molecule has 0 radical (unpaired) electrons. The molecule has 0 bridgehead atoms. The third-order valence-corrected chi connectivity index (χ3v) is 10.3. The van der Waals surface area contributed by atoms with Crippen molar-refractivity contribution in [2.75, 3.05) is 0 Å². The summed E-state index contributed by atoms with van der Waals surface area (Å²) in [5.41, 5.74) is 1.96. The van der Waals surface area contributed by atoms with Crippen LogP contribution >= 0.6 is 0 Å². The van der Waals surface area contributed by atoms with Crippen molar-refractivity contribution in [2.45, 2.75) is 112 Å². The highest BCUT2D eigenvalue weighted by Crippen LogP contribution is 2.64. The molecule has 0 aromatic heterocycles. The first-order valence-corrected chi connectivity index (χ1v) is 13.6. The fourth-order valence-corrected chi connectivity index (χ4v) is 8.74. The predicted octanol–water partition coefficient (Wildman–Crippen LogP) is 7.82. The van der Waals surface area contributed by atoms with Gasteiger partial charge in [-0.2, -0.15) is 0 Å². The van der Waals surface area contributed by atoms with Crippen LogP contribution < -0.4 is 0 Å².